The summed E-state index contributed by atoms with van der Waals surface area (Å²) < 4.78 is 5.67. The molecule has 0 bridgehead atoms. The number of rotatable bonds is 6. The van der Waals surface area contributed by atoms with Crippen molar-refractivity contribution in [1.29, 1.82) is 5.26 Å². The summed E-state index contributed by atoms with van der Waals surface area (Å²) in [6.45, 7) is 4.56. The first-order valence-corrected chi connectivity index (χ1v) is 6.97. The van der Waals surface area contributed by atoms with Gasteiger partial charge in [0.25, 0.3) is 0 Å². The minimum absolute atomic E-state index is 0.115. The predicted molar refractivity (Wildman–Crippen MR) is 81.6 cm³/mol. The Morgan fingerprint density at radius 3 is 2.81 bits per heavy atom. The Morgan fingerprint density at radius 1 is 1.29 bits per heavy atom. The van der Waals surface area contributed by atoms with Gasteiger partial charge < -0.3 is 4.74 Å². The van der Waals surface area contributed by atoms with Crippen LogP contribution in [0.1, 0.15) is 31.0 Å². The van der Waals surface area contributed by atoms with Crippen LogP contribution in [0.3, 0.4) is 0 Å². The van der Waals surface area contributed by atoms with E-state index in [0.29, 0.717) is 6.54 Å². The van der Waals surface area contributed by atoms with E-state index < -0.39 is 0 Å². The van der Waals surface area contributed by atoms with E-state index in [1.807, 2.05) is 50.2 Å². The molecule has 1 aromatic carbocycles. The van der Waals surface area contributed by atoms with Gasteiger partial charge in [0.05, 0.1) is 12.2 Å². The third-order valence-electron chi connectivity index (χ3n) is 2.93. The molecular formula is C17H19N3O. The molecular weight excluding hydrogens is 262 g/mol. The number of nitrogens with one attached hydrogen (secondary N) is 1. The van der Waals surface area contributed by atoms with Crippen LogP contribution in [0.2, 0.25) is 0 Å². The lowest BCUT2D eigenvalue weighted by Gasteiger charge is -2.14. The number of hydrogen-bond donors (Lipinski definition) is 1. The van der Waals surface area contributed by atoms with Gasteiger partial charge in [-0.25, -0.2) is 0 Å². The Balaban J connectivity index is 2.05. The predicted octanol–water partition coefficient (Wildman–Crippen LogP) is 3.22. The van der Waals surface area contributed by atoms with E-state index in [-0.39, 0.29) is 12.1 Å². The maximum absolute atomic E-state index is 9.36. The second kappa shape index (κ2) is 7.41. The van der Waals surface area contributed by atoms with Crippen LogP contribution < -0.4 is 10.1 Å². The molecule has 1 atom stereocenters. The Morgan fingerprint density at radius 2 is 2.14 bits per heavy atom. The molecule has 0 spiro atoms. The molecule has 0 aliphatic rings. The van der Waals surface area contributed by atoms with Crippen molar-refractivity contribution in [2.45, 2.75) is 32.5 Å². The number of hydrogen-bond acceptors (Lipinski definition) is 4. The van der Waals surface area contributed by atoms with Crippen molar-refractivity contribution in [2.24, 2.45) is 0 Å². The van der Waals surface area contributed by atoms with Crippen molar-refractivity contribution in [1.82, 2.24) is 10.3 Å². The number of benzene rings is 1. The van der Waals surface area contributed by atoms with Crippen LogP contribution in [0.15, 0.2) is 48.8 Å². The number of nitriles is 1. The minimum atomic E-state index is -0.374. The van der Waals surface area contributed by atoms with E-state index in [4.69, 9.17) is 4.74 Å². The third kappa shape index (κ3) is 4.59. The van der Waals surface area contributed by atoms with Gasteiger partial charge in [-0.1, -0.05) is 18.2 Å². The SMILES string of the molecule is CC(C)Oc1cccc(C(C#N)NCc2cccnc2)c1. The van der Waals surface area contributed by atoms with E-state index in [0.717, 1.165) is 16.9 Å². The highest BCUT2D eigenvalue weighted by Crippen LogP contribution is 2.20. The largest absolute Gasteiger partial charge is 0.491 e. The van der Waals surface area contributed by atoms with Crippen LogP contribution in [0.4, 0.5) is 0 Å². The molecule has 1 N–H and O–H groups in total. The number of aromatic nitrogens is 1. The van der Waals surface area contributed by atoms with E-state index in [9.17, 15) is 5.26 Å². The van der Waals surface area contributed by atoms with E-state index in [2.05, 4.69) is 16.4 Å². The van der Waals surface area contributed by atoms with Crippen LogP contribution in [-0.2, 0) is 6.54 Å². The van der Waals surface area contributed by atoms with Crippen LogP contribution in [0.5, 0.6) is 5.75 Å². The molecule has 0 aliphatic carbocycles. The van der Waals surface area contributed by atoms with Crippen LogP contribution >= 0.6 is 0 Å². The first kappa shape index (κ1) is 15.0. The molecule has 0 aliphatic heterocycles. The molecule has 4 nitrogen and oxygen atoms in total. The van der Waals surface area contributed by atoms with Crippen molar-refractivity contribution in [3.8, 4) is 11.8 Å². The maximum Gasteiger partial charge on any atom is 0.121 e. The van der Waals surface area contributed by atoms with Gasteiger partial charge in [-0.2, -0.15) is 5.26 Å². The smallest absolute Gasteiger partial charge is 0.121 e. The molecule has 108 valence electrons. The molecule has 2 rings (SSSR count). The fourth-order valence-corrected chi connectivity index (χ4v) is 2.00. The standard InChI is InChI=1S/C17H19N3O/c1-13(2)21-16-7-3-6-15(9-16)17(10-18)20-12-14-5-4-8-19-11-14/h3-9,11,13,17,20H,12H2,1-2H3. The molecule has 1 heterocycles. The first-order valence-electron chi connectivity index (χ1n) is 6.97. The molecule has 0 amide bonds. The molecule has 0 saturated carbocycles. The maximum atomic E-state index is 9.36. The quantitative estimate of drug-likeness (QED) is 0.883. The van der Waals surface area contributed by atoms with Gasteiger partial charge in [0, 0.05) is 18.9 Å². The molecule has 2 aromatic rings. The summed E-state index contributed by atoms with van der Waals surface area (Å²) in [5, 5.41) is 12.6. The summed E-state index contributed by atoms with van der Waals surface area (Å²) in [6, 6.07) is 13.4. The van der Waals surface area contributed by atoms with E-state index in [1.54, 1.807) is 12.4 Å². The average molecular weight is 281 g/mol. The monoisotopic (exact) mass is 281 g/mol. The Hall–Kier alpha value is -2.38. The molecule has 1 aromatic heterocycles. The zero-order valence-electron chi connectivity index (χ0n) is 12.3. The van der Waals surface area contributed by atoms with Gasteiger partial charge in [0.1, 0.15) is 11.8 Å². The fourth-order valence-electron chi connectivity index (χ4n) is 2.00. The Kier molecular flexibility index (Phi) is 5.30. The summed E-state index contributed by atoms with van der Waals surface area (Å²) in [5.74, 6) is 0.783. The molecule has 0 radical (unpaired) electrons. The van der Waals surface area contributed by atoms with Gasteiger partial charge in [-0.05, 0) is 43.2 Å². The van der Waals surface area contributed by atoms with Gasteiger partial charge in [-0.3, -0.25) is 10.3 Å². The topological polar surface area (TPSA) is 57.9 Å². The average Bonchev–Trinajstić information content (AvgIpc) is 2.49. The third-order valence-corrected chi connectivity index (χ3v) is 2.93. The fraction of sp³-hybridized carbons (Fsp3) is 0.294. The van der Waals surface area contributed by atoms with Gasteiger partial charge in [-0.15, -0.1) is 0 Å². The van der Waals surface area contributed by atoms with Crippen LogP contribution in [0.25, 0.3) is 0 Å². The lowest BCUT2D eigenvalue weighted by atomic mass is 10.1. The van der Waals surface area contributed by atoms with Crippen molar-refractivity contribution < 1.29 is 4.74 Å². The zero-order chi connectivity index (χ0) is 15.1. The highest BCUT2D eigenvalue weighted by atomic mass is 16.5. The Bertz CT molecular complexity index is 605. The normalized spacial score (nSPS) is 11.9. The summed E-state index contributed by atoms with van der Waals surface area (Å²) in [4.78, 5) is 4.07. The lowest BCUT2D eigenvalue weighted by Crippen LogP contribution is -2.19. The molecule has 4 heteroatoms. The summed E-state index contributed by atoms with van der Waals surface area (Å²) in [7, 11) is 0. The molecule has 0 saturated heterocycles. The molecule has 21 heavy (non-hydrogen) atoms. The summed E-state index contributed by atoms with van der Waals surface area (Å²) in [6.07, 6.45) is 3.64. The van der Waals surface area contributed by atoms with Crippen LogP contribution in [-0.4, -0.2) is 11.1 Å². The highest BCUT2D eigenvalue weighted by molar-refractivity contribution is 5.33. The van der Waals surface area contributed by atoms with E-state index in [1.165, 1.54) is 0 Å². The Labute approximate surface area is 125 Å². The van der Waals surface area contributed by atoms with Crippen molar-refractivity contribution >= 4 is 0 Å². The van der Waals surface area contributed by atoms with E-state index >= 15 is 0 Å². The summed E-state index contributed by atoms with van der Waals surface area (Å²) in [5.41, 5.74) is 1.95. The van der Waals surface area contributed by atoms with Crippen LogP contribution in [0, 0.1) is 11.3 Å². The molecule has 1 unspecified atom stereocenters. The minimum Gasteiger partial charge on any atom is -0.491 e. The first-order chi connectivity index (χ1) is 10.2. The number of pyridine rings is 1. The second-order valence-corrected chi connectivity index (χ2v) is 5.04. The van der Waals surface area contributed by atoms with Crippen molar-refractivity contribution in [2.75, 3.05) is 0 Å². The number of nitrogens with zero attached hydrogens (tertiary/aromatic N) is 2. The van der Waals surface area contributed by atoms with Gasteiger partial charge in [0.15, 0.2) is 0 Å². The number of ether oxygens (including phenoxy) is 1. The second-order valence-electron chi connectivity index (χ2n) is 5.04. The van der Waals surface area contributed by atoms with Gasteiger partial charge >= 0.3 is 0 Å². The van der Waals surface area contributed by atoms with Crippen molar-refractivity contribution in [3.63, 3.8) is 0 Å². The summed E-state index contributed by atoms with van der Waals surface area (Å²) >= 11 is 0. The zero-order valence-corrected chi connectivity index (χ0v) is 12.3. The van der Waals surface area contributed by atoms with Crippen molar-refractivity contribution in [3.05, 3.63) is 59.9 Å². The van der Waals surface area contributed by atoms with Gasteiger partial charge in [0.2, 0.25) is 0 Å². The molecule has 0 fully saturated rings. The highest BCUT2D eigenvalue weighted by Gasteiger charge is 2.11. The lowest BCUT2D eigenvalue weighted by molar-refractivity contribution is 0.242.